The van der Waals surface area contributed by atoms with Gasteiger partial charge < -0.3 is 15.4 Å². The monoisotopic (exact) mass is 309 g/mol. The van der Waals surface area contributed by atoms with Crippen molar-refractivity contribution in [1.82, 2.24) is 10.1 Å². The van der Waals surface area contributed by atoms with Crippen molar-refractivity contribution < 1.29 is 19.2 Å². The van der Waals surface area contributed by atoms with Crippen LogP contribution in [0.15, 0.2) is 28.8 Å². The zero-order valence-corrected chi connectivity index (χ0v) is 11.6. The maximum atomic E-state index is 11.2. The molecule has 1 heterocycles. The van der Waals surface area contributed by atoms with Gasteiger partial charge in [0.1, 0.15) is 0 Å². The Labute approximate surface area is 124 Å². The summed E-state index contributed by atoms with van der Waals surface area (Å²) >= 11 is 5.82. The highest BCUT2D eigenvalue weighted by molar-refractivity contribution is 6.30. The molecule has 0 aliphatic heterocycles. The highest BCUT2D eigenvalue weighted by Crippen LogP contribution is 2.24. The van der Waals surface area contributed by atoms with Crippen LogP contribution in [0.25, 0.3) is 0 Å². The van der Waals surface area contributed by atoms with Crippen LogP contribution in [0, 0.1) is 0 Å². The molecule has 0 radical (unpaired) electrons. The average molecular weight is 310 g/mol. The molecule has 1 atom stereocenters. The van der Waals surface area contributed by atoms with Crippen molar-refractivity contribution in [2.75, 3.05) is 0 Å². The molecule has 0 saturated carbocycles. The molecule has 2 rings (SSSR count). The topological polar surface area (TPSA) is 119 Å². The first-order valence-electron chi connectivity index (χ1n) is 6.05. The van der Waals surface area contributed by atoms with E-state index in [-0.39, 0.29) is 24.6 Å². The first-order valence-corrected chi connectivity index (χ1v) is 6.43. The van der Waals surface area contributed by atoms with E-state index >= 15 is 0 Å². The summed E-state index contributed by atoms with van der Waals surface area (Å²) in [6.07, 6.45) is 0.319. The molecular weight excluding hydrogens is 298 g/mol. The minimum absolute atomic E-state index is 0.0819. The fourth-order valence-corrected chi connectivity index (χ4v) is 2.06. The zero-order chi connectivity index (χ0) is 15.4. The van der Waals surface area contributed by atoms with Gasteiger partial charge in [-0.1, -0.05) is 28.9 Å². The summed E-state index contributed by atoms with van der Waals surface area (Å²) in [4.78, 5) is 25.6. The second-order valence-electron chi connectivity index (χ2n) is 4.44. The first kappa shape index (κ1) is 15.0. The predicted molar refractivity (Wildman–Crippen MR) is 73.0 cm³/mol. The van der Waals surface area contributed by atoms with Crippen LogP contribution in [0.2, 0.25) is 5.02 Å². The van der Waals surface area contributed by atoms with Gasteiger partial charge in [-0.3, -0.25) is 4.79 Å². The van der Waals surface area contributed by atoms with E-state index in [0.29, 0.717) is 5.02 Å². The minimum atomic E-state index is -1.30. The number of carbonyl (C=O) groups is 2. The highest BCUT2D eigenvalue weighted by Gasteiger charge is 2.20. The molecule has 21 heavy (non-hydrogen) atoms. The third kappa shape index (κ3) is 4.03. The normalized spacial score (nSPS) is 12.0. The molecule has 110 valence electrons. The van der Waals surface area contributed by atoms with Gasteiger partial charge in [0.25, 0.3) is 0 Å². The molecule has 0 saturated heterocycles. The van der Waals surface area contributed by atoms with Crippen molar-refractivity contribution in [1.29, 1.82) is 0 Å². The van der Waals surface area contributed by atoms with Crippen molar-refractivity contribution in [3.8, 4) is 0 Å². The van der Waals surface area contributed by atoms with E-state index in [1.807, 2.05) is 0 Å². The Morgan fingerprint density at radius 2 is 2.00 bits per heavy atom. The lowest BCUT2D eigenvalue weighted by atomic mass is 9.92. The van der Waals surface area contributed by atoms with Crippen molar-refractivity contribution in [3.05, 3.63) is 46.6 Å². The molecule has 0 bridgehead atoms. The first-order chi connectivity index (χ1) is 9.95. The number of aromatic nitrogens is 2. The Bertz CT molecular complexity index is 654. The Hall–Kier alpha value is -2.41. The standard InChI is InChI=1S/C13H12ClN3O4/c14-9-3-1-7(2-4-9)8(5-10(15)18)6-11-16-12(13(19)20)21-17-11/h1-4,8H,5-6H2,(H2,15,18)(H,19,20). The summed E-state index contributed by atoms with van der Waals surface area (Å²) in [5.41, 5.74) is 6.08. The number of benzene rings is 1. The molecule has 0 spiro atoms. The number of carboxylic acids is 1. The van der Waals surface area contributed by atoms with Gasteiger partial charge in [-0.15, -0.1) is 0 Å². The van der Waals surface area contributed by atoms with Gasteiger partial charge >= 0.3 is 11.9 Å². The van der Waals surface area contributed by atoms with Crippen LogP contribution in [0.1, 0.15) is 34.4 Å². The van der Waals surface area contributed by atoms with Crippen molar-refractivity contribution in [2.24, 2.45) is 5.73 Å². The molecular formula is C13H12ClN3O4. The largest absolute Gasteiger partial charge is 0.474 e. The lowest BCUT2D eigenvalue weighted by Crippen LogP contribution is -2.17. The number of aromatic carboxylic acids is 1. The minimum Gasteiger partial charge on any atom is -0.474 e. The molecule has 7 nitrogen and oxygen atoms in total. The highest BCUT2D eigenvalue weighted by atomic mass is 35.5. The molecule has 3 N–H and O–H groups in total. The molecule has 0 fully saturated rings. The molecule has 8 heteroatoms. The summed E-state index contributed by atoms with van der Waals surface area (Å²) in [5, 5.41) is 12.9. The number of nitrogens with zero attached hydrogens (tertiary/aromatic N) is 2. The summed E-state index contributed by atoms with van der Waals surface area (Å²) in [6, 6.07) is 6.94. The lowest BCUT2D eigenvalue weighted by molar-refractivity contribution is -0.118. The molecule has 1 unspecified atom stereocenters. The number of nitrogens with two attached hydrogens (primary N) is 1. The van der Waals surface area contributed by atoms with Crippen LogP contribution in [0.5, 0.6) is 0 Å². The maximum Gasteiger partial charge on any atom is 0.394 e. The molecule has 2 aromatic rings. The van der Waals surface area contributed by atoms with E-state index in [9.17, 15) is 9.59 Å². The number of hydrogen-bond acceptors (Lipinski definition) is 5. The van der Waals surface area contributed by atoms with Gasteiger partial charge in [0.15, 0.2) is 5.82 Å². The predicted octanol–water partition coefficient (Wildman–Crippen LogP) is 1.62. The second kappa shape index (κ2) is 6.36. The number of amides is 1. The van der Waals surface area contributed by atoms with Gasteiger partial charge in [-0.25, -0.2) is 4.79 Å². The summed E-state index contributed by atoms with van der Waals surface area (Å²) in [5.74, 6) is -2.34. The Kier molecular flexibility index (Phi) is 4.54. The van der Waals surface area contributed by atoms with Crippen LogP contribution in [0.4, 0.5) is 0 Å². The summed E-state index contributed by atoms with van der Waals surface area (Å²) in [7, 11) is 0. The third-order valence-corrected chi connectivity index (χ3v) is 3.12. The van der Waals surface area contributed by atoms with E-state index in [1.54, 1.807) is 24.3 Å². The van der Waals surface area contributed by atoms with E-state index in [1.165, 1.54) is 0 Å². The molecule has 0 aliphatic carbocycles. The number of rotatable bonds is 6. The van der Waals surface area contributed by atoms with E-state index in [2.05, 4.69) is 14.7 Å². The third-order valence-electron chi connectivity index (χ3n) is 2.87. The van der Waals surface area contributed by atoms with Crippen LogP contribution in [-0.4, -0.2) is 27.1 Å². The zero-order valence-electron chi connectivity index (χ0n) is 10.8. The lowest BCUT2D eigenvalue weighted by Gasteiger charge is -2.13. The average Bonchev–Trinajstić information content (AvgIpc) is 2.87. The van der Waals surface area contributed by atoms with E-state index in [4.69, 9.17) is 22.4 Å². The van der Waals surface area contributed by atoms with Crippen LogP contribution in [0.3, 0.4) is 0 Å². The molecule has 1 amide bonds. The van der Waals surface area contributed by atoms with Crippen molar-refractivity contribution in [3.63, 3.8) is 0 Å². The van der Waals surface area contributed by atoms with Gasteiger partial charge in [0.2, 0.25) is 5.91 Å². The van der Waals surface area contributed by atoms with E-state index < -0.39 is 17.8 Å². The molecule has 1 aromatic heterocycles. The molecule has 0 aliphatic rings. The van der Waals surface area contributed by atoms with Crippen LogP contribution in [-0.2, 0) is 11.2 Å². The summed E-state index contributed by atoms with van der Waals surface area (Å²) < 4.78 is 4.59. The van der Waals surface area contributed by atoms with Gasteiger partial charge in [0, 0.05) is 17.9 Å². The Balaban J connectivity index is 2.21. The maximum absolute atomic E-state index is 11.2. The molecule has 1 aromatic carbocycles. The second-order valence-corrected chi connectivity index (χ2v) is 4.88. The fourth-order valence-electron chi connectivity index (χ4n) is 1.93. The number of carboxylic acid groups (broad SMARTS) is 1. The Morgan fingerprint density at radius 3 is 2.52 bits per heavy atom. The van der Waals surface area contributed by atoms with Crippen molar-refractivity contribution in [2.45, 2.75) is 18.8 Å². The number of hydrogen-bond donors (Lipinski definition) is 2. The van der Waals surface area contributed by atoms with E-state index in [0.717, 1.165) is 5.56 Å². The SMILES string of the molecule is NC(=O)CC(Cc1noc(C(=O)O)n1)c1ccc(Cl)cc1. The smallest absolute Gasteiger partial charge is 0.394 e. The quantitative estimate of drug-likeness (QED) is 0.836. The summed E-state index contributed by atoms with van der Waals surface area (Å²) in [6.45, 7) is 0. The number of halogens is 1. The van der Waals surface area contributed by atoms with Gasteiger partial charge in [0.05, 0.1) is 0 Å². The van der Waals surface area contributed by atoms with Gasteiger partial charge in [-0.05, 0) is 23.6 Å². The number of carbonyl (C=O) groups excluding carboxylic acids is 1. The van der Waals surface area contributed by atoms with Gasteiger partial charge in [-0.2, -0.15) is 4.98 Å². The van der Waals surface area contributed by atoms with Crippen LogP contribution >= 0.6 is 11.6 Å². The van der Waals surface area contributed by atoms with Crippen molar-refractivity contribution >= 4 is 23.5 Å². The Morgan fingerprint density at radius 1 is 1.33 bits per heavy atom. The fraction of sp³-hybridized carbons (Fsp3) is 0.231. The number of primary amides is 1. The van der Waals surface area contributed by atoms with Crippen LogP contribution < -0.4 is 5.73 Å².